The van der Waals surface area contributed by atoms with Crippen LogP contribution in [0.5, 0.6) is 0 Å². The van der Waals surface area contributed by atoms with Crippen molar-refractivity contribution in [2.45, 2.75) is 0 Å². The molecule has 19 heavy (non-hydrogen) atoms. The summed E-state index contributed by atoms with van der Waals surface area (Å²) in [5.74, 6) is 0. The van der Waals surface area contributed by atoms with Gasteiger partial charge < -0.3 is 23.7 Å². The molecule has 0 heterocycles. The van der Waals surface area contributed by atoms with Crippen LogP contribution in [0.2, 0.25) is 0 Å². The molecular formula is C12H24FIO5. The summed E-state index contributed by atoms with van der Waals surface area (Å²) in [7, 11) is 0. The molecule has 0 aromatic rings. The lowest BCUT2D eigenvalue weighted by molar-refractivity contribution is -0.0107. The quantitative estimate of drug-likeness (QED) is 0.226. The highest BCUT2D eigenvalue weighted by atomic mass is 127. The molecule has 0 bridgehead atoms. The summed E-state index contributed by atoms with van der Waals surface area (Å²) in [5, 5.41) is 0. The van der Waals surface area contributed by atoms with Crippen molar-refractivity contribution >= 4 is 22.6 Å². The van der Waals surface area contributed by atoms with E-state index in [0.29, 0.717) is 52.9 Å². The molecule has 0 radical (unpaired) electrons. The van der Waals surface area contributed by atoms with E-state index in [4.69, 9.17) is 23.7 Å². The van der Waals surface area contributed by atoms with Crippen LogP contribution in [0.1, 0.15) is 0 Å². The molecule has 0 saturated heterocycles. The zero-order valence-corrected chi connectivity index (χ0v) is 13.4. The van der Waals surface area contributed by atoms with E-state index >= 15 is 0 Å². The summed E-state index contributed by atoms with van der Waals surface area (Å²) in [4.78, 5) is 0. The van der Waals surface area contributed by atoms with Crippen molar-refractivity contribution in [3.63, 3.8) is 0 Å². The van der Waals surface area contributed by atoms with Crippen LogP contribution in [0.15, 0.2) is 0 Å². The van der Waals surface area contributed by atoms with E-state index < -0.39 is 6.67 Å². The lowest BCUT2D eigenvalue weighted by atomic mass is 10.7. The van der Waals surface area contributed by atoms with Crippen LogP contribution in [-0.2, 0) is 23.7 Å². The largest absolute Gasteiger partial charge is 0.378 e. The molecule has 0 aliphatic heterocycles. The molecule has 116 valence electrons. The van der Waals surface area contributed by atoms with E-state index in [9.17, 15) is 4.39 Å². The highest BCUT2D eigenvalue weighted by Gasteiger charge is 1.93. The van der Waals surface area contributed by atoms with E-state index in [2.05, 4.69) is 22.6 Å². The Kier molecular flexibility index (Phi) is 18.9. The van der Waals surface area contributed by atoms with Crippen molar-refractivity contribution in [3.05, 3.63) is 0 Å². The second-order valence-electron chi connectivity index (χ2n) is 3.44. The molecule has 0 rings (SSSR count). The third kappa shape index (κ3) is 18.5. The van der Waals surface area contributed by atoms with Crippen molar-refractivity contribution in [1.82, 2.24) is 0 Å². The van der Waals surface area contributed by atoms with Gasteiger partial charge in [0.1, 0.15) is 6.67 Å². The third-order valence-corrected chi connectivity index (χ3v) is 2.37. The summed E-state index contributed by atoms with van der Waals surface area (Å²) in [6.45, 7) is 4.72. The van der Waals surface area contributed by atoms with Gasteiger partial charge in [-0.1, -0.05) is 22.6 Å². The zero-order chi connectivity index (χ0) is 14.0. The standard InChI is InChI=1S/C12H24FIO5/c13-1-3-15-5-7-17-9-11-19-12-10-18-8-6-16-4-2-14/h1-12H2. The van der Waals surface area contributed by atoms with Crippen LogP contribution in [0.25, 0.3) is 0 Å². The fourth-order valence-corrected chi connectivity index (χ4v) is 1.40. The Bertz CT molecular complexity index is 149. The maximum absolute atomic E-state index is 11.7. The molecule has 0 aliphatic rings. The average Bonchev–Trinajstić information content (AvgIpc) is 2.43. The average molecular weight is 394 g/mol. The highest BCUT2D eigenvalue weighted by Crippen LogP contribution is 1.85. The molecule has 0 saturated carbocycles. The molecule has 0 aromatic carbocycles. The Morgan fingerprint density at radius 2 is 0.842 bits per heavy atom. The van der Waals surface area contributed by atoms with Crippen molar-refractivity contribution in [2.24, 2.45) is 0 Å². The summed E-state index contributed by atoms with van der Waals surface area (Å²) in [5.41, 5.74) is 0. The molecule has 0 aliphatic carbocycles. The van der Waals surface area contributed by atoms with Gasteiger partial charge in [-0.15, -0.1) is 0 Å². The maximum Gasteiger partial charge on any atom is 0.113 e. The SMILES string of the molecule is FCCOCCOCCOCCOCCOCCI. The highest BCUT2D eigenvalue weighted by molar-refractivity contribution is 14.1. The van der Waals surface area contributed by atoms with Crippen LogP contribution in [-0.4, -0.2) is 77.2 Å². The number of hydrogen-bond donors (Lipinski definition) is 0. The van der Waals surface area contributed by atoms with Crippen molar-refractivity contribution < 1.29 is 28.1 Å². The third-order valence-electron chi connectivity index (χ3n) is 1.93. The Morgan fingerprint density at radius 1 is 0.526 bits per heavy atom. The molecule has 7 heteroatoms. The summed E-state index contributed by atoms with van der Waals surface area (Å²) in [6, 6.07) is 0. The lowest BCUT2D eigenvalue weighted by Crippen LogP contribution is -2.13. The number of rotatable bonds is 16. The topological polar surface area (TPSA) is 46.2 Å². The Hall–Kier alpha value is 0.460. The van der Waals surface area contributed by atoms with E-state index in [1.807, 2.05) is 0 Å². The van der Waals surface area contributed by atoms with Crippen molar-refractivity contribution in [1.29, 1.82) is 0 Å². The minimum atomic E-state index is -0.452. The van der Waals surface area contributed by atoms with Gasteiger partial charge in [0.25, 0.3) is 0 Å². The van der Waals surface area contributed by atoms with Gasteiger partial charge in [0.2, 0.25) is 0 Å². The first-order valence-electron chi connectivity index (χ1n) is 6.42. The van der Waals surface area contributed by atoms with Crippen LogP contribution in [0.4, 0.5) is 4.39 Å². The normalized spacial score (nSPS) is 11.1. The first-order chi connectivity index (χ1) is 9.41. The molecule has 0 atom stereocenters. The number of alkyl halides is 2. The van der Waals surface area contributed by atoms with Gasteiger partial charge >= 0.3 is 0 Å². The molecule has 0 unspecified atom stereocenters. The van der Waals surface area contributed by atoms with Crippen LogP contribution >= 0.6 is 22.6 Å². The molecule has 5 nitrogen and oxygen atoms in total. The summed E-state index contributed by atoms with van der Waals surface area (Å²) in [6.07, 6.45) is 0. The molecule has 0 aromatic heterocycles. The molecule has 0 amide bonds. The van der Waals surface area contributed by atoms with Crippen molar-refractivity contribution in [3.8, 4) is 0 Å². The Balaban J connectivity index is 2.88. The minimum Gasteiger partial charge on any atom is -0.378 e. The first-order valence-corrected chi connectivity index (χ1v) is 7.95. The van der Waals surface area contributed by atoms with Gasteiger partial charge in [-0.3, -0.25) is 0 Å². The predicted molar refractivity (Wildman–Crippen MR) is 79.0 cm³/mol. The summed E-state index contributed by atoms with van der Waals surface area (Å²) < 4.78 is 38.6. The number of halogens is 2. The summed E-state index contributed by atoms with van der Waals surface area (Å²) >= 11 is 2.26. The number of hydrogen-bond acceptors (Lipinski definition) is 5. The van der Waals surface area contributed by atoms with E-state index in [1.165, 1.54) is 0 Å². The fourth-order valence-electron chi connectivity index (χ4n) is 1.09. The van der Waals surface area contributed by atoms with Gasteiger partial charge in [0.15, 0.2) is 0 Å². The van der Waals surface area contributed by atoms with E-state index in [1.54, 1.807) is 0 Å². The predicted octanol–water partition coefficient (Wildman–Crippen LogP) is 1.47. The Morgan fingerprint density at radius 3 is 1.16 bits per heavy atom. The maximum atomic E-state index is 11.7. The first kappa shape index (κ1) is 19.5. The van der Waals surface area contributed by atoms with E-state index in [0.717, 1.165) is 11.0 Å². The second kappa shape index (κ2) is 18.5. The minimum absolute atomic E-state index is 0.138. The monoisotopic (exact) mass is 394 g/mol. The molecular weight excluding hydrogens is 370 g/mol. The fraction of sp³-hybridized carbons (Fsp3) is 1.00. The van der Waals surface area contributed by atoms with Gasteiger partial charge in [-0.05, 0) is 0 Å². The smallest absolute Gasteiger partial charge is 0.113 e. The van der Waals surface area contributed by atoms with Crippen LogP contribution in [0.3, 0.4) is 0 Å². The van der Waals surface area contributed by atoms with Gasteiger partial charge in [-0.2, -0.15) is 0 Å². The van der Waals surface area contributed by atoms with Crippen molar-refractivity contribution in [2.75, 3.05) is 77.2 Å². The number of ether oxygens (including phenoxy) is 5. The van der Waals surface area contributed by atoms with Crippen LogP contribution in [0, 0.1) is 0 Å². The Labute approximate surface area is 128 Å². The van der Waals surface area contributed by atoms with Gasteiger partial charge in [-0.25, -0.2) is 4.39 Å². The molecule has 0 fully saturated rings. The lowest BCUT2D eigenvalue weighted by Gasteiger charge is -2.07. The van der Waals surface area contributed by atoms with E-state index in [-0.39, 0.29) is 6.61 Å². The molecule has 0 N–H and O–H groups in total. The second-order valence-corrected chi connectivity index (χ2v) is 4.52. The van der Waals surface area contributed by atoms with Gasteiger partial charge in [0.05, 0.1) is 66.1 Å². The molecule has 0 spiro atoms. The zero-order valence-electron chi connectivity index (χ0n) is 11.3. The van der Waals surface area contributed by atoms with Gasteiger partial charge in [0, 0.05) is 4.43 Å². The van der Waals surface area contributed by atoms with Crippen LogP contribution < -0.4 is 0 Å².